The van der Waals surface area contributed by atoms with Gasteiger partial charge in [0.1, 0.15) is 0 Å². The molecule has 1 fully saturated rings. The summed E-state index contributed by atoms with van der Waals surface area (Å²) in [6.45, 7) is 5.42. The molecule has 6 heteroatoms. The number of carbonyl (C=O) groups excluding carboxylic acids is 1. The fourth-order valence-electron chi connectivity index (χ4n) is 2.29. The number of carbonyl (C=O) groups is 1. The smallest absolute Gasteiger partial charge is 0.239 e. The molecule has 1 aliphatic rings. The molecule has 1 heterocycles. The van der Waals surface area contributed by atoms with Gasteiger partial charge in [0, 0.05) is 24.8 Å². The molecule has 4 nitrogen and oxygen atoms in total. The molecule has 0 aromatic heterocycles. The Kier molecular flexibility index (Phi) is 8.08. The highest BCUT2D eigenvalue weighted by Gasteiger charge is 2.26. The molecule has 0 aliphatic carbocycles. The molecule has 21 heavy (non-hydrogen) atoms. The van der Waals surface area contributed by atoms with Crippen LogP contribution in [0.5, 0.6) is 0 Å². The number of nitrogens with one attached hydrogen (secondary N) is 1. The minimum absolute atomic E-state index is 0. The second-order valence-electron chi connectivity index (χ2n) is 5.79. The van der Waals surface area contributed by atoms with Crippen molar-refractivity contribution in [3.05, 3.63) is 30.3 Å². The zero-order chi connectivity index (χ0) is 13.9. The van der Waals surface area contributed by atoms with Crippen molar-refractivity contribution in [1.82, 2.24) is 5.32 Å². The molecule has 0 unspecified atom stereocenters. The first-order valence-corrected chi connectivity index (χ1v) is 6.86. The van der Waals surface area contributed by atoms with Crippen molar-refractivity contribution in [2.24, 2.45) is 5.73 Å². The Morgan fingerprint density at radius 2 is 1.71 bits per heavy atom. The standard InChI is InChI=1S/C15H23N3O.2ClH/c1-15(2,16)14(19)17-12-8-10-18(11-9-12)13-6-4-3-5-7-13;;/h3-7,12H,8-11,16H2,1-2H3,(H,17,19);2*1H. The van der Waals surface area contributed by atoms with Crippen molar-refractivity contribution in [1.29, 1.82) is 0 Å². The van der Waals surface area contributed by atoms with Crippen LogP contribution in [0.4, 0.5) is 5.69 Å². The molecule has 0 saturated carbocycles. The molecule has 2 rings (SSSR count). The van der Waals surface area contributed by atoms with Crippen LogP contribution >= 0.6 is 24.8 Å². The van der Waals surface area contributed by atoms with E-state index in [4.69, 9.17) is 5.73 Å². The SMILES string of the molecule is CC(C)(N)C(=O)NC1CCN(c2ccccc2)CC1.Cl.Cl. The van der Waals surface area contributed by atoms with Gasteiger partial charge in [0.05, 0.1) is 5.54 Å². The van der Waals surface area contributed by atoms with E-state index in [0.717, 1.165) is 25.9 Å². The molecule has 1 aromatic rings. The highest BCUT2D eigenvalue weighted by Crippen LogP contribution is 2.19. The lowest BCUT2D eigenvalue weighted by Crippen LogP contribution is -2.54. The van der Waals surface area contributed by atoms with Crippen LogP contribution in [0.2, 0.25) is 0 Å². The summed E-state index contributed by atoms with van der Waals surface area (Å²) in [5, 5.41) is 3.04. The monoisotopic (exact) mass is 333 g/mol. The molecule has 0 spiro atoms. The van der Waals surface area contributed by atoms with Gasteiger partial charge < -0.3 is 16.0 Å². The number of nitrogens with zero attached hydrogens (tertiary/aromatic N) is 1. The van der Waals surface area contributed by atoms with Gasteiger partial charge in [-0.3, -0.25) is 4.79 Å². The normalized spacial score (nSPS) is 15.7. The number of piperidine rings is 1. The van der Waals surface area contributed by atoms with Gasteiger partial charge in [-0.1, -0.05) is 18.2 Å². The maximum Gasteiger partial charge on any atom is 0.239 e. The average molecular weight is 334 g/mol. The first kappa shape index (κ1) is 20.0. The number of halogens is 2. The van der Waals surface area contributed by atoms with Gasteiger partial charge in [0.25, 0.3) is 0 Å². The number of hydrogen-bond acceptors (Lipinski definition) is 3. The lowest BCUT2D eigenvalue weighted by molar-refractivity contribution is -0.126. The predicted octanol–water partition coefficient (Wildman–Crippen LogP) is 2.35. The molecular weight excluding hydrogens is 309 g/mol. The largest absolute Gasteiger partial charge is 0.371 e. The van der Waals surface area contributed by atoms with Gasteiger partial charge in [0.15, 0.2) is 0 Å². The molecular formula is C15H25Cl2N3O. The average Bonchev–Trinajstić information content (AvgIpc) is 2.39. The van der Waals surface area contributed by atoms with Crippen LogP contribution in [0.3, 0.4) is 0 Å². The van der Waals surface area contributed by atoms with E-state index in [1.165, 1.54) is 5.69 Å². The van der Waals surface area contributed by atoms with Crippen molar-refractivity contribution in [2.75, 3.05) is 18.0 Å². The van der Waals surface area contributed by atoms with Gasteiger partial charge >= 0.3 is 0 Å². The number of hydrogen-bond donors (Lipinski definition) is 2. The Morgan fingerprint density at radius 3 is 2.19 bits per heavy atom. The Morgan fingerprint density at radius 1 is 1.19 bits per heavy atom. The number of anilines is 1. The summed E-state index contributed by atoms with van der Waals surface area (Å²) in [6.07, 6.45) is 1.94. The van der Waals surface area contributed by atoms with E-state index in [2.05, 4.69) is 34.5 Å². The van der Waals surface area contributed by atoms with Crippen molar-refractivity contribution >= 4 is 36.4 Å². The minimum Gasteiger partial charge on any atom is -0.371 e. The number of nitrogens with two attached hydrogens (primary N) is 1. The summed E-state index contributed by atoms with van der Waals surface area (Å²) in [5.74, 6) is -0.0642. The number of benzene rings is 1. The van der Waals surface area contributed by atoms with Crippen LogP contribution < -0.4 is 16.0 Å². The number of para-hydroxylation sites is 1. The van der Waals surface area contributed by atoms with Crippen LogP contribution in [-0.4, -0.2) is 30.6 Å². The van der Waals surface area contributed by atoms with Crippen LogP contribution in [-0.2, 0) is 4.79 Å². The molecule has 120 valence electrons. The van der Waals surface area contributed by atoms with Gasteiger partial charge in [-0.25, -0.2) is 0 Å². The Balaban J connectivity index is 0.00000200. The van der Waals surface area contributed by atoms with E-state index in [0.29, 0.717) is 0 Å². The van der Waals surface area contributed by atoms with Gasteiger partial charge in [0.2, 0.25) is 5.91 Å². The van der Waals surface area contributed by atoms with E-state index in [1.54, 1.807) is 13.8 Å². The summed E-state index contributed by atoms with van der Waals surface area (Å²) in [4.78, 5) is 14.2. The fraction of sp³-hybridized carbons (Fsp3) is 0.533. The third-order valence-corrected chi connectivity index (χ3v) is 3.54. The highest BCUT2D eigenvalue weighted by molar-refractivity contribution is 5.86. The minimum atomic E-state index is -0.795. The maximum absolute atomic E-state index is 11.8. The summed E-state index contributed by atoms with van der Waals surface area (Å²) < 4.78 is 0. The zero-order valence-corrected chi connectivity index (χ0v) is 14.2. The van der Waals surface area contributed by atoms with Gasteiger partial charge in [-0.15, -0.1) is 24.8 Å². The molecule has 3 N–H and O–H groups in total. The lowest BCUT2D eigenvalue weighted by atomic mass is 10.0. The molecule has 0 atom stereocenters. The van der Waals surface area contributed by atoms with Crippen molar-refractivity contribution in [3.63, 3.8) is 0 Å². The molecule has 0 radical (unpaired) electrons. The Labute approximate surface area is 139 Å². The van der Waals surface area contributed by atoms with E-state index in [9.17, 15) is 4.79 Å². The summed E-state index contributed by atoms with van der Waals surface area (Å²) in [7, 11) is 0. The van der Waals surface area contributed by atoms with E-state index in [1.807, 2.05) is 6.07 Å². The first-order valence-electron chi connectivity index (χ1n) is 6.86. The van der Waals surface area contributed by atoms with Crippen LogP contribution in [0, 0.1) is 0 Å². The summed E-state index contributed by atoms with van der Waals surface area (Å²) in [6, 6.07) is 10.6. The summed E-state index contributed by atoms with van der Waals surface area (Å²) >= 11 is 0. The van der Waals surface area contributed by atoms with Crippen molar-refractivity contribution in [2.45, 2.75) is 38.3 Å². The Bertz CT molecular complexity index is 426. The quantitative estimate of drug-likeness (QED) is 0.892. The molecule has 1 saturated heterocycles. The lowest BCUT2D eigenvalue weighted by Gasteiger charge is -2.35. The predicted molar refractivity (Wildman–Crippen MR) is 92.6 cm³/mol. The van der Waals surface area contributed by atoms with Crippen molar-refractivity contribution < 1.29 is 4.79 Å². The van der Waals surface area contributed by atoms with Crippen LogP contribution in [0.1, 0.15) is 26.7 Å². The number of amides is 1. The maximum atomic E-state index is 11.8. The van der Waals surface area contributed by atoms with Gasteiger partial charge in [-0.2, -0.15) is 0 Å². The first-order chi connectivity index (χ1) is 8.97. The Hall–Kier alpha value is -0.970. The van der Waals surface area contributed by atoms with E-state index >= 15 is 0 Å². The fourth-order valence-corrected chi connectivity index (χ4v) is 2.29. The second-order valence-corrected chi connectivity index (χ2v) is 5.79. The van der Waals surface area contributed by atoms with E-state index < -0.39 is 5.54 Å². The molecule has 1 aliphatic heterocycles. The third-order valence-electron chi connectivity index (χ3n) is 3.54. The zero-order valence-electron chi connectivity index (χ0n) is 12.5. The topological polar surface area (TPSA) is 58.4 Å². The molecule has 0 bridgehead atoms. The summed E-state index contributed by atoms with van der Waals surface area (Å²) in [5.41, 5.74) is 6.25. The molecule has 1 amide bonds. The second kappa shape index (κ2) is 8.47. The third kappa shape index (κ3) is 5.73. The highest BCUT2D eigenvalue weighted by atomic mass is 35.5. The van der Waals surface area contributed by atoms with Crippen LogP contribution in [0.15, 0.2) is 30.3 Å². The van der Waals surface area contributed by atoms with Gasteiger partial charge in [-0.05, 0) is 38.8 Å². The number of rotatable bonds is 3. The molecule has 1 aromatic carbocycles. The van der Waals surface area contributed by atoms with Crippen molar-refractivity contribution in [3.8, 4) is 0 Å². The van der Waals surface area contributed by atoms with Crippen LogP contribution in [0.25, 0.3) is 0 Å². The van der Waals surface area contributed by atoms with E-state index in [-0.39, 0.29) is 36.8 Å².